The lowest BCUT2D eigenvalue weighted by molar-refractivity contribution is -0.112. The Labute approximate surface area is 117 Å². The van der Waals surface area contributed by atoms with Gasteiger partial charge in [-0.05, 0) is 38.0 Å². The maximum atomic E-state index is 10.9. The molecule has 0 aliphatic heterocycles. The van der Waals surface area contributed by atoms with Gasteiger partial charge in [0.2, 0.25) is 0 Å². The molecule has 20 heavy (non-hydrogen) atoms. The van der Waals surface area contributed by atoms with Crippen LogP contribution in [0.25, 0.3) is 11.0 Å². The number of pyridine rings is 1. The molecule has 0 saturated heterocycles. The van der Waals surface area contributed by atoms with E-state index in [1.165, 1.54) is 6.92 Å². The number of ether oxygens (including phenoxy) is 1. The molecule has 2 N–H and O–H groups in total. The van der Waals surface area contributed by atoms with Crippen LogP contribution in [0.4, 0.5) is 0 Å². The quantitative estimate of drug-likeness (QED) is 0.790. The molecular formula is C15H18N2O3. The van der Waals surface area contributed by atoms with Gasteiger partial charge in [-0.3, -0.25) is 4.79 Å². The number of carbonyl (C=O) groups is 1. The lowest BCUT2D eigenvalue weighted by Crippen LogP contribution is -2.16. The van der Waals surface area contributed by atoms with Crippen molar-refractivity contribution in [1.82, 2.24) is 9.97 Å². The molecule has 0 aliphatic rings. The van der Waals surface area contributed by atoms with E-state index in [-0.39, 0.29) is 18.5 Å². The van der Waals surface area contributed by atoms with Gasteiger partial charge in [0.05, 0.1) is 12.8 Å². The molecule has 2 aromatic rings. The summed E-state index contributed by atoms with van der Waals surface area (Å²) in [5, 5.41) is 9.96. The highest BCUT2D eigenvalue weighted by molar-refractivity contribution is 5.87. The van der Waals surface area contributed by atoms with E-state index in [9.17, 15) is 4.79 Å². The third-order valence-corrected chi connectivity index (χ3v) is 2.88. The number of H-pyrrole nitrogens is 1. The van der Waals surface area contributed by atoms with E-state index in [1.54, 1.807) is 19.2 Å². The molecule has 0 bridgehead atoms. The van der Waals surface area contributed by atoms with Crippen LogP contribution in [-0.4, -0.2) is 33.6 Å². The molecule has 5 nitrogen and oxygen atoms in total. The van der Waals surface area contributed by atoms with Gasteiger partial charge >= 0.3 is 0 Å². The highest BCUT2D eigenvalue weighted by atomic mass is 16.5. The monoisotopic (exact) mass is 274 g/mol. The number of aliphatic hydroxyl groups is 1. The Hall–Kier alpha value is -2.14. The minimum Gasteiger partial charge on any atom is -0.487 e. The number of rotatable bonds is 6. The number of allylic oxidation sites excluding steroid dienone is 2. The SMILES string of the molecule is CC(=O)/C=C/Cc1c[nH]c2ncc(OC(C)CO)cc12. The molecule has 5 heteroatoms. The van der Waals surface area contributed by atoms with Crippen LogP contribution in [0, 0.1) is 0 Å². The van der Waals surface area contributed by atoms with Crippen molar-refractivity contribution in [2.75, 3.05) is 6.61 Å². The van der Waals surface area contributed by atoms with Crippen LogP contribution < -0.4 is 4.74 Å². The van der Waals surface area contributed by atoms with Crippen LogP contribution in [0.1, 0.15) is 19.4 Å². The Balaban J connectivity index is 2.23. The average molecular weight is 274 g/mol. The summed E-state index contributed by atoms with van der Waals surface area (Å²) in [5.41, 5.74) is 1.83. The molecule has 2 aromatic heterocycles. The van der Waals surface area contributed by atoms with Crippen LogP contribution in [0.2, 0.25) is 0 Å². The van der Waals surface area contributed by atoms with Crippen molar-refractivity contribution in [3.8, 4) is 5.75 Å². The first-order valence-corrected chi connectivity index (χ1v) is 6.50. The minimum absolute atomic E-state index is 0.0313. The second-order valence-corrected chi connectivity index (χ2v) is 4.71. The summed E-state index contributed by atoms with van der Waals surface area (Å²) in [6, 6.07) is 1.89. The molecule has 1 unspecified atom stereocenters. The summed E-state index contributed by atoms with van der Waals surface area (Å²) < 4.78 is 5.54. The van der Waals surface area contributed by atoms with E-state index < -0.39 is 0 Å². The molecule has 106 valence electrons. The van der Waals surface area contributed by atoms with E-state index in [0.29, 0.717) is 12.2 Å². The topological polar surface area (TPSA) is 75.2 Å². The van der Waals surface area contributed by atoms with Crippen LogP contribution in [-0.2, 0) is 11.2 Å². The zero-order chi connectivity index (χ0) is 14.5. The Kier molecular flexibility index (Phi) is 4.53. The number of fused-ring (bicyclic) bond motifs is 1. The predicted molar refractivity (Wildman–Crippen MR) is 76.8 cm³/mol. The number of carbonyl (C=O) groups excluding carboxylic acids is 1. The number of hydrogen-bond acceptors (Lipinski definition) is 4. The Morgan fingerprint density at radius 3 is 3.10 bits per heavy atom. The maximum Gasteiger partial charge on any atom is 0.152 e. The van der Waals surface area contributed by atoms with Gasteiger partial charge in [0.25, 0.3) is 0 Å². The highest BCUT2D eigenvalue weighted by Crippen LogP contribution is 2.22. The maximum absolute atomic E-state index is 10.9. The third-order valence-electron chi connectivity index (χ3n) is 2.88. The molecule has 0 aliphatic carbocycles. The van der Waals surface area contributed by atoms with Gasteiger partial charge in [-0.2, -0.15) is 0 Å². The molecule has 0 amide bonds. The van der Waals surface area contributed by atoms with E-state index >= 15 is 0 Å². The summed E-state index contributed by atoms with van der Waals surface area (Å²) in [4.78, 5) is 18.3. The molecule has 0 radical (unpaired) electrons. The first-order chi connectivity index (χ1) is 9.60. The van der Waals surface area contributed by atoms with Gasteiger partial charge in [0.15, 0.2) is 5.78 Å². The lowest BCUT2D eigenvalue weighted by Gasteiger charge is -2.11. The number of aromatic amines is 1. The fourth-order valence-corrected chi connectivity index (χ4v) is 1.89. The third kappa shape index (κ3) is 3.45. The molecule has 2 rings (SSSR count). The normalized spacial score (nSPS) is 12.9. The van der Waals surface area contributed by atoms with Crippen LogP contribution in [0.5, 0.6) is 5.75 Å². The fourth-order valence-electron chi connectivity index (χ4n) is 1.89. The number of aliphatic hydroxyl groups excluding tert-OH is 1. The van der Waals surface area contributed by atoms with E-state index in [2.05, 4.69) is 9.97 Å². The van der Waals surface area contributed by atoms with Crippen LogP contribution >= 0.6 is 0 Å². The fraction of sp³-hybridized carbons (Fsp3) is 0.333. The van der Waals surface area contributed by atoms with Gasteiger partial charge < -0.3 is 14.8 Å². The average Bonchev–Trinajstić information content (AvgIpc) is 2.81. The van der Waals surface area contributed by atoms with Crippen molar-refractivity contribution in [2.24, 2.45) is 0 Å². The van der Waals surface area contributed by atoms with Gasteiger partial charge in [-0.25, -0.2) is 4.98 Å². The van der Waals surface area contributed by atoms with Gasteiger partial charge in [0, 0.05) is 11.6 Å². The standard InChI is InChI=1S/C15H18N2O3/c1-10(19)4-3-5-12-7-16-15-14(12)6-13(8-17-15)20-11(2)9-18/h3-4,6-8,11,18H,5,9H2,1-2H3,(H,16,17)/b4-3+. The van der Waals surface area contributed by atoms with Crippen molar-refractivity contribution in [2.45, 2.75) is 26.4 Å². The van der Waals surface area contributed by atoms with Gasteiger partial charge in [0.1, 0.15) is 17.5 Å². The van der Waals surface area contributed by atoms with Gasteiger partial charge in [-0.1, -0.05) is 6.08 Å². The summed E-state index contributed by atoms with van der Waals surface area (Å²) in [7, 11) is 0. The van der Waals surface area contributed by atoms with Crippen molar-refractivity contribution in [3.05, 3.63) is 36.2 Å². The van der Waals surface area contributed by atoms with Crippen LogP contribution in [0.3, 0.4) is 0 Å². The number of ketones is 1. The van der Waals surface area contributed by atoms with E-state index in [1.807, 2.05) is 18.3 Å². The highest BCUT2D eigenvalue weighted by Gasteiger charge is 2.07. The number of aromatic nitrogens is 2. The van der Waals surface area contributed by atoms with Crippen molar-refractivity contribution >= 4 is 16.8 Å². The zero-order valence-electron chi connectivity index (χ0n) is 11.6. The lowest BCUT2D eigenvalue weighted by atomic mass is 10.1. The number of nitrogens with zero attached hydrogens (tertiary/aromatic N) is 1. The van der Waals surface area contributed by atoms with E-state index in [0.717, 1.165) is 16.6 Å². The molecule has 0 aromatic carbocycles. The number of hydrogen-bond donors (Lipinski definition) is 2. The van der Waals surface area contributed by atoms with Crippen molar-refractivity contribution < 1.29 is 14.6 Å². The largest absolute Gasteiger partial charge is 0.487 e. The molecule has 1 atom stereocenters. The second-order valence-electron chi connectivity index (χ2n) is 4.71. The summed E-state index contributed by atoms with van der Waals surface area (Å²) in [6.07, 6.45) is 7.27. The van der Waals surface area contributed by atoms with Crippen molar-refractivity contribution in [3.63, 3.8) is 0 Å². The Morgan fingerprint density at radius 2 is 2.40 bits per heavy atom. The Bertz CT molecular complexity index is 631. The molecule has 0 saturated carbocycles. The van der Waals surface area contributed by atoms with Crippen LogP contribution in [0.15, 0.2) is 30.6 Å². The van der Waals surface area contributed by atoms with Gasteiger partial charge in [-0.15, -0.1) is 0 Å². The predicted octanol–water partition coefficient (Wildman–Crippen LogP) is 2.01. The summed E-state index contributed by atoms with van der Waals surface area (Å²) in [6.45, 7) is 3.27. The first-order valence-electron chi connectivity index (χ1n) is 6.50. The second kappa shape index (κ2) is 6.34. The first kappa shape index (κ1) is 14.3. The smallest absolute Gasteiger partial charge is 0.152 e. The molecular weight excluding hydrogens is 256 g/mol. The molecule has 0 spiro atoms. The van der Waals surface area contributed by atoms with Crippen molar-refractivity contribution in [1.29, 1.82) is 0 Å². The summed E-state index contributed by atoms with van der Waals surface area (Å²) >= 11 is 0. The summed E-state index contributed by atoms with van der Waals surface area (Å²) in [5.74, 6) is 0.652. The molecule has 0 fully saturated rings. The molecule has 2 heterocycles. The van der Waals surface area contributed by atoms with E-state index in [4.69, 9.17) is 9.84 Å². The minimum atomic E-state index is -0.269. The Morgan fingerprint density at radius 1 is 1.60 bits per heavy atom. The zero-order valence-corrected chi connectivity index (χ0v) is 11.6. The number of nitrogens with one attached hydrogen (secondary N) is 1.